The molecule has 4 aromatic rings. The van der Waals surface area contributed by atoms with E-state index in [0.717, 1.165) is 5.56 Å². The van der Waals surface area contributed by atoms with Gasteiger partial charge in [-0.15, -0.1) is 0 Å². The topological polar surface area (TPSA) is 76.7 Å². The van der Waals surface area contributed by atoms with Crippen LogP contribution in [0, 0.1) is 6.92 Å². The average Bonchev–Trinajstić information content (AvgIpc) is 2.75. The van der Waals surface area contributed by atoms with Crippen LogP contribution in [-0.4, -0.2) is 18.0 Å². The Balaban J connectivity index is 1.92. The summed E-state index contributed by atoms with van der Waals surface area (Å²) in [5.74, 6) is 0.600. The Bertz CT molecular complexity index is 1300. The van der Waals surface area contributed by atoms with Crippen molar-refractivity contribution in [2.45, 2.75) is 6.92 Å². The van der Waals surface area contributed by atoms with E-state index in [1.54, 1.807) is 61.8 Å². The highest BCUT2D eigenvalue weighted by Gasteiger charge is 2.15. The number of aryl methyl sites for hydroxylation is 1. The maximum Gasteiger partial charge on any atom is 0.262 e. The summed E-state index contributed by atoms with van der Waals surface area (Å²) < 4.78 is 11.5. The molecule has 0 unspecified atom stereocenters. The minimum absolute atomic E-state index is 0.158. The van der Waals surface area contributed by atoms with Crippen LogP contribution in [-0.2, 0) is 0 Å². The van der Waals surface area contributed by atoms with Gasteiger partial charge in [0, 0.05) is 16.6 Å². The molecule has 0 saturated heterocycles. The maximum absolute atomic E-state index is 13.0. The Hall–Kier alpha value is -3.64. The molecule has 0 radical (unpaired) electrons. The van der Waals surface area contributed by atoms with Gasteiger partial charge in [0.15, 0.2) is 11.3 Å². The standard InChI is InChI=1S/C23H18ClN3O3/c1-14-12-16(24)9-10-18(14)26-23-17(22(28)27-20-8-3-4-11-25-20)13-15-6-5-7-19(29-2)21(15)30-23/h3-13H,1-2H3,(H,25,27,28). The van der Waals surface area contributed by atoms with Crippen LogP contribution in [0.4, 0.5) is 11.5 Å². The number of fused-ring (bicyclic) bond motifs is 1. The summed E-state index contributed by atoms with van der Waals surface area (Å²) in [5, 5.41) is 4.10. The fraction of sp³-hybridized carbons (Fsp3) is 0.0870. The second-order valence-electron chi connectivity index (χ2n) is 6.56. The van der Waals surface area contributed by atoms with Crippen molar-refractivity contribution in [2.75, 3.05) is 12.4 Å². The number of anilines is 1. The molecule has 0 bridgehead atoms. The van der Waals surface area contributed by atoms with Gasteiger partial charge in [-0.05, 0) is 55.0 Å². The van der Waals surface area contributed by atoms with Crippen LogP contribution in [0.3, 0.4) is 0 Å². The number of nitrogens with zero attached hydrogens (tertiary/aromatic N) is 2. The van der Waals surface area contributed by atoms with E-state index in [9.17, 15) is 4.79 Å². The highest BCUT2D eigenvalue weighted by molar-refractivity contribution is 6.30. The number of hydrogen-bond donors (Lipinski definition) is 1. The molecule has 30 heavy (non-hydrogen) atoms. The van der Waals surface area contributed by atoms with Gasteiger partial charge < -0.3 is 14.5 Å². The number of carbonyl (C=O) groups excluding carboxylic acids is 1. The van der Waals surface area contributed by atoms with Crippen molar-refractivity contribution in [3.63, 3.8) is 0 Å². The smallest absolute Gasteiger partial charge is 0.262 e. The number of ether oxygens (including phenoxy) is 1. The number of benzene rings is 2. The number of hydrogen-bond acceptors (Lipinski definition) is 5. The summed E-state index contributed by atoms with van der Waals surface area (Å²) in [6.45, 7) is 1.89. The predicted octanol–water partition coefficient (Wildman–Crippen LogP) is 5.28. The number of rotatable bonds is 4. The van der Waals surface area contributed by atoms with Crippen LogP contribution >= 0.6 is 11.6 Å². The van der Waals surface area contributed by atoms with Gasteiger partial charge in [-0.1, -0.05) is 29.8 Å². The minimum atomic E-state index is -0.382. The Morgan fingerprint density at radius 2 is 2.00 bits per heavy atom. The second kappa shape index (κ2) is 8.39. The van der Waals surface area contributed by atoms with E-state index < -0.39 is 0 Å². The number of methoxy groups -OCH3 is 1. The first-order valence-electron chi connectivity index (χ1n) is 9.19. The molecule has 150 valence electrons. The first kappa shape index (κ1) is 19.7. The first-order valence-corrected chi connectivity index (χ1v) is 9.57. The first-order chi connectivity index (χ1) is 14.5. The van der Waals surface area contributed by atoms with Crippen LogP contribution in [0.5, 0.6) is 5.75 Å². The average molecular weight is 420 g/mol. The fourth-order valence-electron chi connectivity index (χ4n) is 3.01. The van der Waals surface area contributed by atoms with Crippen molar-refractivity contribution in [1.29, 1.82) is 0 Å². The van der Waals surface area contributed by atoms with Gasteiger partial charge in [-0.2, -0.15) is 0 Å². The second-order valence-corrected chi connectivity index (χ2v) is 6.99. The number of para-hydroxylation sites is 1. The van der Waals surface area contributed by atoms with Gasteiger partial charge in [0.05, 0.1) is 12.8 Å². The van der Waals surface area contributed by atoms with Gasteiger partial charge in [0.25, 0.3) is 5.91 Å². The zero-order chi connectivity index (χ0) is 21.1. The van der Waals surface area contributed by atoms with Gasteiger partial charge in [0.2, 0.25) is 5.55 Å². The number of aromatic nitrogens is 1. The summed E-state index contributed by atoms with van der Waals surface area (Å²) in [4.78, 5) is 21.8. The molecular formula is C23H18ClN3O3. The lowest BCUT2D eigenvalue weighted by atomic mass is 10.1. The van der Waals surface area contributed by atoms with E-state index in [0.29, 0.717) is 33.2 Å². The Labute approximate surface area is 177 Å². The number of pyridine rings is 1. The van der Waals surface area contributed by atoms with Gasteiger partial charge in [-0.25, -0.2) is 9.98 Å². The third-order valence-electron chi connectivity index (χ3n) is 4.49. The zero-order valence-corrected chi connectivity index (χ0v) is 17.1. The summed E-state index contributed by atoms with van der Waals surface area (Å²) in [6.07, 6.45) is 1.60. The number of carbonyl (C=O) groups is 1. The van der Waals surface area contributed by atoms with Crippen molar-refractivity contribution in [3.8, 4) is 5.75 Å². The number of nitrogens with one attached hydrogen (secondary N) is 1. The lowest BCUT2D eigenvalue weighted by molar-refractivity contribution is 0.102. The molecule has 0 saturated carbocycles. The van der Waals surface area contributed by atoms with Gasteiger partial charge >= 0.3 is 0 Å². The summed E-state index contributed by atoms with van der Waals surface area (Å²) in [5.41, 5.74) is 2.43. The largest absolute Gasteiger partial charge is 0.493 e. The quantitative estimate of drug-likeness (QED) is 0.488. The molecule has 0 aliphatic heterocycles. The van der Waals surface area contributed by atoms with E-state index in [4.69, 9.17) is 20.8 Å². The third kappa shape index (κ3) is 4.04. The monoisotopic (exact) mass is 419 g/mol. The summed E-state index contributed by atoms with van der Waals surface area (Å²) >= 11 is 6.06. The predicted molar refractivity (Wildman–Crippen MR) is 116 cm³/mol. The van der Waals surface area contributed by atoms with E-state index in [1.165, 1.54) is 0 Å². The van der Waals surface area contributed by atoms with E-state index in [-0.39, 0.29) is 17.0 Å². The van der Waals surface area contributed by atoms with E-state index in [1.807, 2.05) is 19.1 Å². The molecule has 2 aromatic carbocycles. The van der Waals surface area contributed by atoms with Crippen LogP contribution in [0.1, 0.15) is 15.9 Å². The molecule has 6 nitrogen and oxygen atoms in total. The van der Waals surface area contributed by atoms with Crippen LogP contribution in [0.25, 0.3) is 11.0 Å². The highest BCUT2D eigenvalue weighted by Crippen LogP contribution is 2.26. The van der Waals surface area contributed by atoms with Crippen LogP contribution in [0.2, 0.25) is 5.02 Å². The molecule has 2 aromatic heterocycles. The molecule has 4 rings (SSSR count). The fourth-order valence-corrected chi connectivity index (χ4v) is 3.23. The van der Waals surface area contributed by atoms with Crippen molar-refractivity contribution in [2.24, 2.45) is 4.99 Å². The van der Waals surface area contributed by atoms with E-state index >= 15 is 0 Å². The molecule has 0 spiro atoms. The van der Waals surface area contributed by atoms with Crippen molar-refractivity contribution in [3.05, 3.63) is 88.6 Å². The summed E-state index contributed by atoms with van der Waals surface area (Å²) in [7, 11) is 1.56. The Morgan fingerprint density at radius 3 is 2.73 bits per heavy atom. The highest BCUT2D eigenvalue weighted by atomic mass is 35.5. The molecule has 7 heteroatoms. The molecule has 0 atom stereocenters. The van der Waals surface area contributed by atoms with Crippen molar-refractivity contribution < 1.29 is 13.9 Å². The maximum atomic E-state index is 13.0. The molecule has 0 fully saturated rings. The van der Waals surface area contributed by atoms with Crippen molar-refractivity contribution in [1.82, 2.24) is 4.98 Å². The molecule has 2 heterocycles. The Morgan fingerprint density at radius 1 is 1.13 bits per heavy atom. The molecule has 1 amide bonds. The van der Waals surface area contributed by atoms with Crippen LogP contribution in [0.15, 0.2) is 76.3 Å². The Kier molecular flexibility index (Phi) is 5.50. The molecule has 1 N–H and O–H groups in total. The normalized spacial score (nSPS) is 11.5. The summed E-state index contributed by atoms with van der Waals surface area (Å²) in [6, 6.07) is 17.8. The van der Waals surface area contributed by atoms with Gasteiger partial charge in [-0.3, -0.25) is 4.79 Å². The van der Waals surface area contributed by atoms with E-state index in [2.05, 4.69) is 15.3 Å². The number of amides is 1. The lowest BCUT2D eigenvalue weighted by Crippen LogP contribution is -2.22. The van der Waals surface area contributed by atoms with Gasteiger partial charge in [0.1, 0.15) is 11.4 Å². The SMILES string of the molecule is COc1cccc2cc(C(=O)Nc3ccccn3)c(=Nc3ccc(Cl)cc3C)oc12. The third-order valence-corrected chi connectivity index (χ3v) is 4.73. The minimum Gasteiger partial charge on any atom is -0.493 e. The molecule has 0 aliphatic carbocycles. The molecular weight excluding hydrogens is 402 g/mol. The zero-order valence-electron chi connectivity index (χ0n) is 16.3. The van der Waals surface area contributed by atoms with Crippen LogP contribution < -0.4 is 15.6 Å². The molecule has 0 aliphatic rings. The lowest BCUT2D eigenvalue weighted by Gasteiger charge is -2.09. The number of halogens is 1. The van der Waals surface area contributed by atoms with Crippen molar-refractivity contribution >= 4 is 40.0 Å².